The fourth-order valence-corrected chi connectivity index (χ4v) is 3.81. The topological polar surface area (TPSA) is 54.7 Å². The number of nitrogens with two attached hydrogens (primary N) is 1. The molecule has 1 aromatic heterocycles. The molecule has 0 amide bonds. The van der Waals surface area contributed by atoms with Gasteiger partial charge in [-0.2, -0.15) is 5.10 Å². The van der Waals surface area contributed by atoms with Gasteiger partial charge in [-0.05, 0) is 37.0 Å². The Morgan fingerprint density at radius 2 is 1.95 bits per heavy atom. The summed E-state index contributed by atoms with van der Waals surface area (Å²) < 4.78 is 0. The van der Waals surface area contributed by atoms with Gasteiger partial charge in [-0.1, -0.05) is 49.0 Å². The molecule has 0 atom stereocenters. The van der Waals surface area contributed by atoms with Crippen LogP contribution in [-0.4, -0.2) is 10.2 Å². The van der Waals surface area contributed by atoms with Crippen LogP contribution in [0.25, 0.3) is 11.1 Å². The Balaban J connectivity index is 2.14. The third-order valence-corrected chi connectivity index (χ3v) is 5.51. The van der Waals surface area contributed by atoms with E-state index in [1.807, 2.05) is 18.2 Å². The third kappa shape index (κ3) is 2.43. The second kappa shape index (κ2) is 5.54. The molecule has 1 aliphatic rings. The highest BCUT2D eigenvalue weighted by atomic mass is 35.5. The van der Waals surface area contributed by atoms with Crippen molar-refractivity contribution in [1.29, 1.82) is 0 Å². The maximum absolute atomic E-state index is 6.16. The largest absolute Gasteiger partial charge is 0.382 e. The number of anilines is 1. The molecule has 1 aromatic carbocycles. The Hall–Kier alpha value is -1.19. The molecule has 0 spiro atoms. The van der Waals surface area contributed by atoms with Gasteiger partial charge in [-0.25, -0.2) is 0 Å². The van der Waals surface area contributed by atoms with Crippen LogP contribution in [0.2, 0.25) is 10.0 Å². The zero-order valence-corrected chi connectivity index (χ0v) is 13.6. The van der Waals surface area contributed by atoms with Crippen molar-refractivity contribution in [3.63, 3.8) is 0 Å². The Kier molecular flexibility index (Phi) is 3.89. The number of nitrogens with one attached hydrogen (secondary N) is 1. The lowest BCUT2D eigenvalue weighted by Crippen LogP contribution is -2.22. The molecule has 21 heavy (non-hydrogen) atoms. The van der Waals surface area contributed by atoms with Crippen molar-refractivity contribution in [1.82, 2.24) is 10.2 Å². The summed E-state index contributed by atoms with van der Waals surface area (Å²) in [6.45, 7) is 2.24. The Labute approximate surface area is 134 Å². The minimum Gasteiger partial charge on any atom is -0.382 e. The van der Waals surface area contributed by atoms with Gasteiger partial charge in [0.15, 0.2) is 5.82 Å². The summed E-state index contributed by atoms with van der Waals surface area (Å²) in [5, 5.41) is 8.54. The van der Waals surface area contributed by atoms with Gasteiger partial charge in [0.2, 0.25) is 0 Å². The number of benzene rings is 1. The van der Waals surface area contributed by atoms with Crippen LogP contribution in [0, 0.1) is 0 Å². The van der Waals surface area contributed by atoms with E-state index >= 15 is 0 Å². The quantitative estimate of drug-likeness (QED) is 0.816. The molecule has 1 aliphatic carbocycles. The van der Waals surface area contributed by atoms with E-state index in [4.69, 9.17) is 28.9 Å². The third-order valence-electron chi connectivity index (χ3n) is 4.77. The molecule has 1 saturated carbocycles. The van der Waals surface area contributed by atoms with E-state index in [1.165, 1.54) is 25.7 Å². The van der Waals surface area contributed by atoms with Crippen LogP contribution in [-0.2, 0) is 5.41 Å². The van der Waals surface area contributed by atoms with Crippen LogP contribution in [0.15, 0.2) is 18.2 Å². The van der Waals surface area contributed by atoms with Gasteiger partial charge in [0.05, 0.1) is 15.7 Å². The van der Waals surface area contributed by atoms with Crippen molar-refractivity contribution < 1.29 is 0 Å². The average Bonchev–Trinajstić information content (AvgIpc) is 3.09. The number of rotatable bonds is 3. The minimum atomic E-state index is 0.159. The van der Waals surface area contributed by atoms with E-state index in [2.05, 4.69) is 17.1 Å². The first-order valence-corrected chi connectivity index (χ1v) is 8.13. The van der Waals surface area contributed by atoms with E-state index in [0.29, 0.717) is 15.9 Å². The van der Waals surface area contributed by atoms with E-state index in [1.54, 1.807) is 0 Å². The molecule has 3 N–H and O–H groups in total. The van der Waals surface area contributed by atoms with Crippen LogP contribution >= 0.6 is 23.2 Å². The number of nitrogens with zero attached hydrogens (tertiary/aromatic N) is 1. The maximum Gasteiger partial charge on any atom is 0.153 e. The van der Waals surface area contributed by atoms with Crippen LogP contribution in [0.1, 0.15) is 44.7 Å². The van der Waals surface area contributed by atoms with Gasteiger partial charge in [0, 0.05) is 11.0 Å². The first-order valence-electron chi connectivity index (χ1n) is 7.37. The molecule has 0 aliphatic heterocycles. The minimum absolute atomic E-state index is 0.159. The van der Waals surface area contributed by atoms with Crippen molar-refractivity contribution in [2.75, 3.05) is 5.73 Å². The summed E-state index contributed by atoms with van der Waals surface area (Å²) >= 11 is 12.2. The fraction of sp³-hybridized carbons (Fsp3) is 0.438. The highest BCUT2D eigenvalue weighted by Crippen LogP contribution is 2.47. The SMILES string of the molecule is CCC1(c2[nH]nc(N)c2-c2ccc(Cl)c(Cl)c2)CCCC1. The molecule has 112 valence electrons. The molecule has 0 saturated heterocycles. The molecule has 3 nitrogen and oxygen atoms in total. The number of hydrogen-bond donors (Lipinski definition) is 2. The zero-order valence-electron chi connectivity index (χ0n) is 12.0. The van der Waals surface area contributed by atoms with Crippen LogP contribution in [0.4, 0.5) is 5.82 Å². The van der Waals surface area contributed by atoms with Gasteiger partial charge < -0.3 is 5.73 Å². The monoisotopic (exact) mass is 323 g/mol. The van der Waals surface area contributed by atoms with E-state index < -0.39 is 0 Å². The smallest absolute Gasteiger partial charge is 0.153 e. The van der Waals surface area contributed by atoms with Crippen LogP contribution < -0.4 is 5.73 Å². The first kappa shape index (κ1) is 14.7. The summed E-state index contributed by atoms with van der Waals surface area (Å²) in [7, 11) is 0. The molecule has 1 heterocycles. The van der Waals surface area contributed by atoms with Gasteiger partial charge in [0.1, 0.15) is 0 Å². The average molecular weight is 324 g/mol. The van der Waals surface area contributed by atoms with Crippen molar-refractivity contribution in [3.05, 3.63) is 33.9 Å². The Bertz CT molecular complexity index is 658. The van der Waals surface area contributed by atoms with Crippen molar-refractivity contribution in [2.24, 2.45) is 0 Å². The molecule has 1 fully saturated rings. The normalized spacial score (nSPS) is 17.3. The lowest BCUT2D eigenvalue weighted by atomic mass is 9.77. The lowest BCUT2D eigenvalue weighted by Gasteiger charge is -2.27. The standard InChI is InChI=1S/C16H19Cl2N3/c1-2-16(7-3-4-8-16)14-13(15(19)21-20-14)10-5-6-11(17)12(18)9-10/h5-6,9H,2-4,7-8H2,1H3,(H3,19,20,21). The van der Waals surface area contributed by atoms with Crippen LogP contribution in [0.5, 0.6) is 0 Å². The van der Waals surface area contributed by atoms with Crippen LogP contribution in [0.3, 0.4) is 0 Å². The number of aromatic amines is 1. The molecule has 0 radical (unpaired) electrons. The number of H-pyrrole nitrogens is 1. The van der Waals surface area contributed by atoms with Crippen molar-refractivity contribution >= 4 is 29.0 Å². The Morgan fingerprint density at radius 1 is 1.24 bits per heavy atom. The molecule has 0 unspecified atom stereocenters. The summed E-state index contributed by atoms with van der Waals surface area (Å²) in [5.74, 6) is 0.531. The molecule has 2 aromatic rings. The zero-order chi connectivity index (χ0) is 15.0. The number of nitrogen functional groups attached to an aromatic ring is 1. The van der Waals surface area contributed by atoms with Gasteiger partial charge in [-0.15, -0.1) is 0 Å². The lowest BCUT2D eigenvalue weighted by molar-refractivity contribution is 0.413. The van der Waals surface area contributed by atoms with Gasteiger partial charge in [-0.3, -0.25) is 5.10 Å². The summed E-state index contributed by atoms with van der Waals surface area (Å²) in [5.41, 5.74) is 9.40. The van der Waals surface area contributed by atoms with Crippen molar-refractivity contribution in [2.45, 2.75) is 44.4 Å². The van der Waals surface area contributed by atoms with Gasteiger partial charge >= 0.3 is 0 Å². The predicted molar refractivity (Wildman–Crippen MR) is 88.9 cm³/mol. The number of aromatic nitrogens is 2. The molecule has 3 rings (SSSR count). The fourth-order valence-electron chi connectivity index (χ4n) is 3.52. The second-order valence-electron chi connectivity index (χ2n) is 5.83. The highest BCUT2D eigenvalue weighted by molar-refractivity contribution is 6.42. The maximum atomic E-state index is 6.16. The summed E-state index contributed by atoms with van der Waals surface area (Å²) in [4.78, 5) is 0. The molecule has 5 heteroatoms. The summed E-state index contributed by atoms with van der Waals surface area (Å²) in [6.07, 6.45) is 5.96. The molecular formula is C16H19Cl2N3. The number of hydrogen-bond acceptors (Lipinski definition) is 2. The summed E-state index contributed by atoms with van der Waals surface area (Å²) in [6, 6.07) is 5.63. The predicted octanol–water partition coefficient (Wildman–Crippen LogP) is 5.19. The highest BCUT2D eigenvalue weighted by Gasteiger charge is 2.38. The first-order chi connectivity index (χ1) is 10.1. The Morgan fingerprint density at radius 3 is 2.57 bits per heavy atom. The second-order valence-corrected chi connectivity index (χ2v) is 6.64. The molecular weight excluding hydrogens is 305 g/mol. The van der Waals surface area contributed by atoms with Gasteiger partial charge in [0.25, 0.3) is 0 Å². The molecule has 0 bridgehead atoms. The number of halogens is 2. The van der Waals surface area contributed by atoms with Crippen molar-refractivity contribution in [3.8, 4) is 11.1 Å². The van der Waals surface area contributed by atoms with E-state index in [9.17, 15) is 0 Å². The van der Waals surface area contributed by atoms with E-state index in [0.717, 1.165) is 23.2 Å². The van der Waals surface area contributed by atoms with E-state index in [-0.39, 0.29) is 5.41 Å².